The Hall–Kier alpha value is -1.07. The molecule has 0 fully saturated rings. The van der Waals surface area contributed by atoms with Crippen molar-refractivity contribution < 1.29 is 13.2 Å². The number of alkyl halides is 3. The first-order valence-corrected chi connectivity index (χ1v) is 6.41. The lowest BCUT2D eigenvalue weighted by Crippen LogP contribution is -2.37. The molecule has 0 heterocycles. The molecule has 1 rings (SSSR count). The third-order valence-electron chi connectivity index (χ3n) is 3.22. The molecule has 1 atom stereocenters. The Bertz CT molecular complexity index is 402. The summed E-state index contributed by atoms with van der Waals surface area (Å²) in [6.45, 7) is 4.00. The van der Waals surface area contributed by atoms with E-state index in [0.717, 1.165) is 16.7 Å². The summed E-state index contributed by atoms with van der Waals surface area (Å²) in [5.74, 6) is 5.43. The van der Waals surface area contributed by atoms with Crippen molar-refractivity contribution >= 4 is 0 Å². The number of hydrazine groups is 1. The van der Waals surface area contributed by atoms with Gasteiger partial charge in [-0.15, -0.1) is 0 Å². The Kier molecular flexibility index (Phi) is 5.82. The van der Waals surface area contributed by atoms with Gasteiger partial charge in [-0.2, -0.15) is 13.2 Å². The first-order valence-electron chi connectivity index (χ1n) is 6.41. The fraction of sp³-hybridized carbons (Fsp3) is 0.571. The van der Waals surface area contributed by atoms with Gasteiger partial charge in [-0.3, -0.25) is 11.3 Å². The predicted molar refractivity (Wildman–Crippen MR) is 70.6 cm³/mol. The van der Waals surface area contributed by atoms with Crippen molar-refractivity contribution in [3.63, 3.8) is 0 Å². The van der Waals surface area contributed by atoms with Crippen LogP contribution < -0.4 is 11.3 Å². The number of benzene rings is 1. The van der Waals surface area contributed by atoms with Gasteiger partial charge in [0.1, 0.15) is 0 Å². The van der Waals surface area contributed by atoms with E-state index in [0.29, 0.717) is 12.8 Å². The lowest BCUT2D eigenvalue weighted by Gasteiger charge is -2.18. The summed E-state index contributed by atoms with van der Waals surface area (Å²) in [7, 11) is 0. The highest BCUT2D eigenvalue weighted by Crippen LogP contribution is 2.23. The van der Waals surface area contributed by atoms with Crippen LogP contribution in [0.5, 0.6) is 0 Å². The molecule has 0 aliphatic rings. The van der Waals surface area contributed by atoms with Crippen molar-refractivity contribution in [1.29, 1.82) is 0 Å². The van der Waals surface area contributed by atoms with Crippen LogP contribution in [0.15, 0.2) is 18.2 Å². The second-order valence-corrected chi connectivity index (χ2v) is 5.01. The molecular formula is C14H21F3N2. The lowest BCUT2D eigenvalue weighted by molar-refractivity contribution is -0.135. The normalized spacial score (nSPS) is 13.6. The molecule has 1 aromatic carbocycles. The van der Waals surface area contributed by atoms with E-state index in [4.69, 9.17) is 5.84 Å². The van der Waals surface area contributed by atoms with Crippen LogP contribution in [-0.2, 0) is 6.42 Å². The van der Waals surface area contributed by atoms with Crippen LogP contribution in [0, 0.1) is 13.8 Å². The number of halogens is 3. The second kappa shape index (κ2) is 6.91. The smallest absolute Gasteiger partial charge is 0.271 e. The molecule has 108 valence electrons. The number of nitrogens with one attached hydrogen (secondary N) is 1. The molecule has 0 bridgehead atoms. The molecule has 19 heavy (non-hydrogen) atoms. The molecule has 1 unspecified atom stereocenters. The standard InChI is InChI=1S/C14H21F3N2/c1-10-5-6-11(2)12(8-10)9-13(19-18)4-3-7-14(15,16)17/h5-6,8,13,19H,3-4,7,9,18H2,1-2H3. The number of nitrogens with two attached hydrogens (primary N) is 1. The highest BCUT2D eigenvalue weighted by Gasteiger charge is 2.26. The van der Waals surface area contributed by atoms with Gasteiger partial charge in [-0.25, -0.2) is 0 Å². The molecule has 2 nitrogen and oxygen atoms in total. The summed E-state index contributed by atoms with van der Waals surface area (Å²) in [6, 6.07) is 5.98. The Morgan fingerprint density at radius 1 is 1.26 bits per heavy atom. The van der Waals surface area contributed by atoms with Crippen LogP contribution in [0.2, 0.25) is 0 Å². The Balaban J connectivity index is 2.54. The first-order chi connectivity index (χ1) is 8.81. The molecular weight excluding hydrogens is 253 g/mol. The third-order valence-corrected chi connectivity index (χ3v) is 3.22. The summed E-state index contributed by atoms with van der Waals surface area (Å²) < 4.78 is 36.3. The van der Waals surface area contributed by atoms with Gasteiger partial charge in [0.05, 0.1) is 0 Å². The molecule has 0 saturated carbocycles. The van der Waals surface area contributed by atoms with E-state index in [1.807, 2.05) is 26.0 Å². The minimum atomic E-state index is -4.08. The van der Waals surface area contributed by atoms with Gasteiger partial charge >= 0.3 is 6.18 Å². The van der Waals surface area contributed by atoms with Crippen LogP contribution in [0.25, 0.3) is 0 Å². The fourth-order valence-corrected chi connectivity index (χ4v) is 2.08. The first kappa shape index (κ1) is 16.0. The maximum Gasteiger partial charge on any atom is 0.389 e. The maximum absolute atomic E-state index is 12.1. The monoisotopic (exact) mass is 274 g/mol. The van der Waals surface area contributed by atoms with Gasteiger partial charge in [-0.05, 0) is 44.2 Å². The highest BCUT2D eigenvalue weighted by molar-refractivity contribution is 5.31. The number of hydrogen-bond acceptors (Lipinski definition) is 2. The Morgan fingerprint density at radius 3 is 2.53 bits per heavy atom. The quantitative estimate of drug-likeness (QED) is 0.616. The zero-order valence-corrected chi connectivity index (χ0v) is 11.3. The third kappa shape index (κ3) is 6.07. The van der Waals surface area contributed by atoms with Crippen LogP contribution >= 0.6 is 0 Å². The molecule has 0 saturated heterocycles. The molecule has 5 heteroatoms. The highest BCUT2D eigenvalue weighted by atomic mass is 19.4. The molecule has 3 N–H and O–H groups in total. The summed E-state index contributed by atoms with van der Waals surface area (Å²) in [4.78, 5) is 0. The van der Waals surface area contributed by atoms with Crippen LogP contribution in [0.4, 0.5) is 13.2 Å². The fourth-order valence-electron chi connectivity index (χ4n) is 2.08. The van der Waals surface area contributed by atoms with Gasteiger partial charge in [-0.1, -0.05) is 23.8 Å². The minimum absolute atomic E-state index is 0.100. The van der Waals surface area contributed by atoms with Gasteiger partial charge in [0, 0.05) is 12.5 Å². The van der Waals surface area contributed by atoms with Crippen LogP contribution in [0.1, 0.15) is 36.0 Å². The average molecular weight is 274 g/mol. The predicted octanol–water partition coefficient (Wildman–Crippen LogP) is 3.41. The van der Waals surface area contributed by atoms with E-state index in [1.165, 1.54) is 0 Å². The molecule has 0 amide bonds. The molecule has 0 radical (unpaired) electrons. The van der Waals surface area contributed by atoms with Gasteiger partial charge in [0.15, 0.2) is 0 Å². The number of hydrogen-bond donors (Lipinski definition) is 2. The molecule has 0 aromatic heterocycles. The van der Waals surface area contributed by atoms with E-state index in [9.17, 15) is 13.2 Å². The van der Waals surface area contributed by atoms with Crippen molar-refractivity contribution in [2.75, 3.05) is 0 Å². The van der Waals surface area contributed by atoms with Crippen molar-refractivity contribution in [1.82, 2.24) is 5.43 Å². The Morgan fingerprint density at radius 2 is 1.95 bits per heavy atom. The van der Waals surface area contributed by atoms with Gasteiger partial charge in [0.25, 0.3) is 0 Å². The zero-order chi connectivity index (χ0) is 14.5. The molecule has 1 aromatic rings. The minimum Gasteiger partial charge on any atom is -0.271 e. The summed E-state index contributed by atoms with van der Waals surface area (Å²) in [5.41, 5.74) is 6.04. The molecule has 0 spiro atoms. The summed E-state index contributed by atoms with van der Waals surface area (Å²) in [5, 5.41) is 0. The number of rotatable bonds is 6. The van der Waals surface area contributed by atoms with E-state index < -0.39 is 12.6 Å². The summed E-state index contributed by atoms with van der Waals surface area (Å²) in [6.07, 6.45) is -3.66. The van der Waals surface area contributed by atoms with E-state index in [1.54, 1.807) is 0 Å². The average Bonchev–Trinajstić information content (AvgIpc) is 2.30. The zero-order valence-electron chi connectivity index (χ0n) is 11.3. The Labute approximate surface area is 112 Å². The topological polar surface area (TPSA) is 38.0 Å². The lowest BCUT2D eigenvalue weighted by atomic mass is 9.96. The van der Waals surface area contributed by atoms with Crippen molar-refractivity contribution in [3.05, 3.63) is 34.9 Å². The van der Waals surface area contributed by atoms with E-state index in [2.05, 4.69) is 11.5 Å². The van der Waals surface area contributed by atoms with Crippen molar-refractivity contribution in [3.8, 4) is 0 Å². The van der Waals surface area contributed by atoms with E-state index in [-0.39, 0.29) is 12.5 Å². The van der Waals surface area contributed by atoms with Crippen molar-refractivity contribution in [2.45, 2.75) is 51.7 Å². The van der Waals surface area contributed by atoms with Crippen molar-refractivity contribution in [2.24, 2.45) is 5.84 Å². The van der Waals surface area contributed by atoms with E-state index >= 15 is 0 Å². The van der Waals surface area contributed by atoms with Gasteiger partial charge in [0.2, 0.25) is 0 Å². The van der Waals surface area contributed by atoms with Crippen LogP contribution in [0.3, 0.4) is 0 Å². The second-order valence-electron chi connectivity index (χ2n) is 5.01. The largest absolute Gasteiger partial charge is 0.389 e. The summed E-state index contributed by atoms with van der Waals surface area (Å²) >= 11 is 0. The molecule has 0 aliphatic heterocycles. The SMILES string of the molecule is Cc1ccc(C)c(CC(CCCC(F)(F)F)NN)c1. The molecule has 0 aliphatic carbocycles. The van der Waals surface area contributed by atoms with Crippen LogP contribution in [-0.4, -0.2) is 12.2 Å². The maximum atomic E-state index is 12.1. The van der Waals surface area contributed by atoms with Gasteiger partial charge < -0.3 is 0 Å². The number of aryl methyl sites for hydroxylation is 2.